The summed E-state index contributed by atoms with van der Waals surface area (Å²) in [5.41, 5.74) is 4.34. The highest BCUT2D eigenvalue weighted by molar-refractivity contribution is 7.07. The molecule has 116 valence electrons. The van der Waals surface area contributed by atoms with Crippen molar-refractivity contribution in [1.82, 2.24) is 4.98 Å². The van der Waals surface area contributed by atoms with Crippen LogP contribution >= 0.6 is 11.3 Å². The first-order valence-corrected chi connectivity index (χ1v) is 7.97. The lowest BCUT2D eigenvalue weighted by molar-refractivity contribution is -0.141. The van der Waals surface area contributed by atoms with Crippen molar-refractivity contribution in [2.45, 2.75) is 26.2 Å². The second-order valence-electron chi connectivity index (χ2n) is 5.17. The van der Waals surface area contributed by atoms with Crippen LogP contribution in [0.2, 0.25) is 0 Å². The molecule has 22 heavy (non-hydrogen) atoms. The number of hydrogen-bond donors (Lipinski definition) is 2. The zero-order chi connectivity index (χ0) is 15.9. The number of carboxylic acid groups (broad SMARTS) is 1. The lowest BCUT2D eigenvalue weighted by Crippen LogP contribution is -2.13. The Hall–Kier alpha value is -2.21. The molecule has 0 spiro atoms. The van der Waals surface area contributed by atoms with E-state index in [4.69, 9.17) is 5.11 Å². The number of carbonyl (C=O) groups is 2. The monoisotopic (exact) mass is 318 g/mol. The van der Waals surface area contributed by atoms with E-state index in [1.807, 2.05) is 17.5 Å². The van der Waals surface area contributed by atoms with Crippen LogP contribution in [-0.2, 0) is 22.4 Å². The fourth-order valence-electron chi connectivity index (χ4n) is 1.99. The van der Waals surface area contributed by atoms with E-state index in [1.165, 1.54) is 11.3 Å². The Morgan fingerprint density at radius 3 is 2.64 bits per heavy atom. The summed E-state index contributed by atoms with van der Waals surface area (Å²) in [5, 5.41) is 13.7. The molecule has 1 atom stereocenters. The molecule has 2 aromatic rings. The minimum atomic E-state index is -0.806. The average molecular weight is 318 g/mol. The standard InChI is InChI=1S/C16H18N2O3S/c1-11(16(20)21)8-12-2-4-13(5-3-12)18-15(19)7-6-14-9-22-10-17-14/h2-5,9-11H,6-8H2,1H3,(H,18,19)(H,20,21). The van der Waals surface area contributed by atoms with Gasteiger partial charge < -0.3 is 10.4 Å². The Bertz CT molecular complexity index is 623. The number of aromatic nitrogens is 1. The van der Waals surface area contributed by atoms with Crippen molar-refractivity contribution in [3.05, 3.63) is 46.4 Å². The highest BCUT2D eigenvalue weighted by atomic mass is 32.1. The molecule has 2 N–H and O–H groups in total. The summed E-state index contributed by atoms with van der Waals surface area (Å²) in [5.74, 6) is -1.28. The van der Waals surface area contributed by atoms with Gasteiger partial charge in [0.2, 0.25) is 5.91 Å². The predicted octanol–water partition coefficient (Wildman–Crippen LogP) is 2.98. The van der Waals surface area contributed by atoms with Gasteiger partial charge in [-0.05, 0) is 30.5 Å². The molecule has 0 radical (unpaired) electrons. The van der Waals surface area contributed by atoms with Gasteiger partial charge in [0, 0.05) is 17.5 Å². The molecule has 0 saturated carbocycles. The Morgan fingerprint density at radius 1 is 1.32 bits per heavy atom. The molecular weight excluding hydrogens is 300 g/mol. The fourth-order valence-corrected chi connectivity index (χ4v) is 2.58. The minimum absolute atomic E-state index is 0.0559. The molecule has 1 unspecified atom stereocenters. The molecule has 1 aromatic heterocycles. The largest absolute Gasteiger partial charge is 0.481 e. The van der Waals surface area contributed by atoms with Gasteiger partial charge in [-0.3, -0.25) is 9.59 Å². The third-order valence-electron chi connectivity index (χ3n) is 3.29. The van der Waals surface area contributed by atoms with Crippen LogP contribution < -0.4 is 5.32 Å². The van der Waals surface area contributed by atoms with Crippen molar-refractivity contribution in [3.8, 4) is 0 Å². The summed E-state index contributed by atoms with van der Waals surface area (Å²) < 4.78 is 0. The molecule has 0 bridgehead atoms. The summed E-state index contributed by atoms with van der Waals surface area (Å²) in [6.07, 6.45) is 1.50. The van der Waals surface area contributed by atoms with Crippen LogP contribution in [0.4, 0.5) is 5.69 Å². The van der Waals surface area contributed by atoms with Crippen molar-refractivity contribution in [1.29, 1.82) is 0 Å². The summed E-state index contributed by atoms with van der Waals surface area (Å²) in [4.78, 5) is 26.8. The second kappa shape index (κ2) is 7.70. The molecule has 1 heterocycles. The third kappa shape index (κ3) is 4.96. The molecule has 1 amide bonds. The molecule has 1 aromatic carbocycles. The van der Waals surface area contributed by atoms with Gasteiger partial charge in [0.15, 0.2) is 0 Å². The number of aryl methyl sites for hydroxylation is 1. The predicted molar refractivity (Wildman–Crippen MR) is 86.0 cm³/mol. The summed E-state index contributed by atoms with van der Waals surface area (Å²) in [6, 6.07) is 7.28. The first-order valence-electron chi connectivity index (χ1n) is 7.03. The van der Waals surface area contributed by atoms with Crippen LogP contribution in [-0.4, -0.2) is 22.0 Å². The van der Waals surface area contributed by atoms with E-state index in [1.54, 1.807) is 24.6 Å². The Kier molecular flexibility index (Phi) is 5.66. The first kappa shape index (κ1) is 16.2. The van der Waals surface area contributed by atoms with Crippen molar-refractivity contribution in [2.75, 3.05) is 5.32 Å². The van der Waals surface area contributed by atoms with E-state index in [0.29, 0.717) is 19.3 Å². The Labute approximate surface area is 133 Å². The van der Waals surface area contributed by atoms with Gasteiger partial charge in [0.1, 0.15) is 0 Å². The van der Waals surface area contributed by atoms with E-state index < -0.39 is 11.9 Å². The number of benzene rings is 1. The van der Waals surface area contributed by atoms with Crippen LogP contribution in [0.25, 0.3) is 0 Å². The van der Waals surface area contributed by atoms with Gasteiger partial charge in [0.25, 0.3) is 0 Å². The lowest BCUT2D eigenvalue weighted by Gasteiger charge is -2.08. The maximum Gasteiger partial charge on any atom is 0.306 e. The number of aliphatic carboxylic acids is 1. The summed E-state index contributed by atoms with van der Waals surface area (Å²) >= 11 is 1.52. The molecule has 2 rings (SSSR count). The van der Waals surface area contributed by atoms with Crippen LogP contribution in [0.1, 0.15) is 24.6 Å². The number of anilines is 1. The number of amides is 1. The Balaban J connectivity index is 1.82. The maximum absolute atomic E-state index is 11.8. The zero-order valence-corrected chi connectivity index (χ0v) is 13.1. The number of nitrogens with one attached hydrogen (secondary N) is 1. The SMILES string of the molecule is CC(Cc1ccc(NC(=O)CCc2cscn2)cc1)C(=O)O. The van der Waals surface area contributed by atoms with Crippen molar-refractivity contribution in [2.24, 2.45) is 5.92 Å². The average Bonchev–Trinajstić information content (AvgIpc) is 3.00. The number of nitrogens with zero attached hydrogens (tertiary/aromatic N) is 1. The molecular formula is C16H18N2O3S. The van der Waals surface area contributed by atoms with Gasteiger partial charge in [-0.2, -0.15) is 0 Å². The van der Waals surface area contributed by atoms with Gasteiger partial charge in [-0.1, -0.05) is 19.1 Å². The van der Waals surface area contributed by atoms with Gasteiger partial charge in [-0.15, -0.1) is 11.3 Å². The number of thiazole rings is 1. The molecule has 6 heteroatoms. The van der Waals surface area contributed by atoms with E-state index in [-0.39, 0.29) is 5.91 Å². The smallest absolute Gasteiger partial charge is 0.306 e. The van der Waals surface area contributed by atoms with Gasteiger partial charge in [-0.25, -0.2) is 4.98 Å². The number of hydrogen-bond acceptors (Lipinski definition) is 4. The van der Waals surface area contributed by atoms with Gasteiger partial charge >= 0.3 is 5.97 Å². The number of rotatable bonds is 7. The first-order chi connectivity index (χ1) is 10.5. The highest BCUT2D eigenvalue weighted by Gasteiger charge is 2.11. The van der Waals surface area contributed by atoms with Crippen LogP contribution in [0.15, 0.2) is 35.2 Å². The van der Waals surface area contributed by atoms with E-state index >= 15 is 0 Å². The minimum Gasteiger partial charge on any atom is -0.481 e. The van der Waals surface area contributed by atoms with Gasteiger partial charge in [0.05, 0.1) is 17.1 Å². The second-order valence-corrected chi connectivity index (χ2v) is 5.89. The fraction of sp³-hybridized carbons (Fsp3) is 0.312. The van der Waals surface area contributed by atoms with Crippen LogP contribution in [0, 0.1) is 5.92 Å². The van der Waals surface area contributed by atoms with E-state index in [0.717, 1.165) is 16.9 Å². The lowest BCUT2D eigenvalue weighted by atomic mass is 10.0. The topological polar surface area (TPSA) is 79.3 Å². The van der Waals surface area contributed by atoms with Crippen molar-refractivity contribution in [3.63, 3.8) is 0 Å². The molecule has 0 aliphatic carbocycles. The molecule has 0 fully saturated rings. The number of carbonyl (C=O) groups excluding carboxylic acids is 1. The van der Waals surface area contributed by atoms with Crippen molar-refractivity contribution >= 4 is 28.9 Å². The molecule has 0 aliphatic rings. The van der Waals surface area contributed by atoms with Crippen LogP contribution in [0.5, 0.6) is 0 Å². The van der Waals surface area contributed by atoms with E-state index in [9.17, 15) is 9.59 Å². The normalized spacial score (nSPS) is 11.9. The van der Waals surface area contributed by atoms with Crippen molar-refractivity contribution < 1.29 is 14.7 Å². The highest BCUT2D eigenvalue weighted by Crippen LogP contribution is 2.14. The van der Waals surface area contributed by atoms with E-state index in [2.05, 4.69) is 10.3 Å². The number of carboxylic acids is 1. The van der Waals surface area contributed by atoms with Crippen LogP contribution in [0.3, 0.4) is 0 Å². The zero-order valence-electron chi connectivity index (χ0n) is 12.3. The quantitative estimate of drug-likeness (QED) is 0.822. The summed E-state index contributed by atoms with van der Waals surface area (Å²) in [6.45, 7) is 1.68. The molecule has 0 aliphatic heterocycles. The summed E-state index contributed by atoms with van der Waals surface area (Å²) in [7, 11) is 0. The molecule has 5 nitrogen and oxygen atoms in total. The third-order valence-corrected chi connectivity index (χ3v) is 3.93. The molecule has 0 saturated heterocycles. The Morgan fingerprint density at radius 2 is 2.05 bits per heavy atom. The maximum atomic E-state index is 11.8.